The van der Waals surface area contributed by atoms with E-state index in [1.807, 2.05) is 18.2 Å². The normalized spacial score (nSPS) is 12.2. The summed E-state index contributed by atoms with van der Waals surface area (Å²) >= 11 is 0. The Balaban J connectivity index is 2.60. The molecule has 0 heterocycles. The third kappa shape index (κ3) is 5.38. The molecule has 0 aromatic heterocycles. The van der Waals surface area contributed by atoms with Crippen LogP contribution in [0.25, 0.3) is 0 Å². The van der Waals surface area contributed by atoms with Crippen LogP contribution in [0.2, 0.25) is 0 Å². The summed E-state index contributed by atoms with van der Waals surface area (Å²) < 4.78 is 0. The van der Waals surface area contributed by atoms with Crippen molar-refractivity contribution in [2.24, 2.45) is 0 Å². The van der Waals surface area contributed by atoms with Crippen molar-refractivity contribution in [3.05, 3.63) is 30.3 Å². The Morgan fingerprint density at radius 2 is 1.90 bits per heavy atom. The summed E-state index contributed by atoms with van der Waals surface area (Å²) in [5.41, 5.74) is 0.687. The van der Waals surface area contributed by atoms with Crippen molar-refractivity contribution >= 4 is 17.6 Å². The number of carboxylic acid groups (broad SMARTS) is 1. The van der Waals surface area contributed by atoms with Gasteiger partial charge in [0.1, 0.15) is 0 Å². The Labute approximate surface area is 118 Å². The van der Waals surface area contributed by atoms with Gasteiger partial charge in [0.25, 0.3) is 0 Å². The number of hydrogen-bond donors (Lipinski definition) is 3. The lowest BCUT2D eigenvalue weighted by molar-refractivity contribution is -0.138. The van der Waals surface area contributed by atoms with Crippen molar-refractivity contribution in [1.29, 1.82) is 0 Å². The number of rotatable bonds is 8. The Bertz CT molecular complexity index is 436. The zero-order valence-electron chi connectivity index (χ0n) is 11.5. The number of nitrogens with one attached hydrogen (secondary N) is 1. The van der Waals surface area contributed by atoms with E-state index in [4.69, 9.17) is 10.2 Å². The quantitative estimate of drug-likeness (QED) is 0.655. The molecule has 3 N–H and O–H groups in total. The smallest absolute Gasteiger partial charge is 0.304 e. The molecule has 20 heavy (non-hydrogen) atoms. The van der Waals surface area contributed by atoms with Gasteiger partial charge in [-0.1, -0.05) is 18.2 Å². The van der Waals surface area contributed by atoms with E-state index in [1.54, 1.807) is 24.0 Å². The first-order chi connectivity index (χ1) is 9.54. The molecule has 110 valence electrons. The number of aliphatic carboxylic acids is 1. The van der Waals surface area contributed by atoms with E-state index in [-0.39, 0.29) is 32.0 Å². The van der Waals surface area contributed by atoms with Gasteiger partial charge in [-0.25, -0.2) is 0 Å². The average molecular weight is 280 g/mol. The van der Waals surface area contributed by atoms with Crippen LogP contribution in [-0.4, -0.2) is 52.7 Å². The van der Waals surface area contributed by atoms with Gasteiger partial charge in [0.05, 0.1) is 19.1 Å². The average Bonchev–Trinajstić information content (AvgIpc) is 2.43. The van der Waals surface area contributed by atoms with E-state index in [1.165, 1.54) is 0 Å². The number of anilines is 1. The van der Waals surface area contributed by atoms with Gasteiger partial charge in [-0.3, -0.25) is 14.5 Å². The number of para-hydroxylation sites is 1. The number of carbonyl (C=O) groups excluding carboxylic acids is 1. The predicted molar refractivity (Wildman–Crippen MR) is 75.4 cm³/mol. The maximum Gasteiger partial charge on any atom is 0.304 e. The molecule has 0 saturated heterocycles. The molecule has 1 aromatic carbocycles. The first-order valence-electron chi connectivity index (χ1n) is 6.47. The van der Waals surface area contributed by atoms with Gasteiger partial charge in [0, 0.05) is 18.8 Å². The van der Waals surface area contributed by atoms with Gasteiger partial charge in [0.15, 0.2) is 0 Å². The topological polar surface area (TPSA) is 89.9 Å². The molecule has 1 amide bonds. The van der Waals surface area contributed by atoms with Crippen LogP contribution in [0.4, 0.5) is 5.69 Å². The molecule has 0 aliphatic carbocycles. The second kappa shape index (κ2) is 8.29. The first-order valence-corrected chi connectivity index (χ1v) is 6.47. The largest absolute Gasteiger partial charge is 0.481 e. The van der Waals surface area contributed by atoms with Crippen LogP contribution in [0.1, 0.15) is 13.3 Å². The summed E-state index contributed by atoms with van der Waals surface area (Å²) in [7, 11) is 0. The van der Waals surface area contributed by atoms with E-state index >= 15 is 0 Å². The fourth-order valence-electron chi connectivity index (χ4n) is 1.80. The molecule has 1 atom stereocenters. The molecule has 0 spiro atoms. The summed E-state index contributed by atoms with van der Waals surface area (Å²) in [4.78, 5) is 24.3. The molecule has 0 fully saturated rings. The lowest BCUT2D eigenvalue weighted by Gasteiger charge is -2.26. The number of carboxylic acids is 1. The summed E-state index contributed by atoms with van der Waals surface area (Å²) in [6.07, 6.45) is -0.0665. The van der Waals surface area contributed by atoms with Crippen LogP contribution in [0, 0.1) is 0 Å². The molecule has 0 bridgehead atoms. The summed E-state index contributed by atoms with van der Waals surface area (Å²) in [6.45, 7) is 2.05. The monoisotopic (exact) mass is 280 g/mol. The van der Waals surface area contributed by atoms with Gasteiger partial charge >= 0.3 is 5.97 Å². The second-order valence-electron chi connectivity index (χ2n) is 4.43. The van der Waals surface area contributed by atoms with Crippen LogP contribution in [0.5, 0.6) is 0 Å². The Hall–Kier alpha value is -1.92. The number of carbonyl (C=O) groups is 2. The van der Waals surface area contributed by atoms with Crippen LogP contribution in [-0.2, 0) is 9.59 Å². The highest BCUT2D eigenvalue weighted by atomic mass is 16.4. The molecular weight excluding hydrogens is 260 g/mol. The maximum atomic E-state index is 12.1. The highest BCUT2D eigenvalue weighted by molar-refractivity contribution is 5.94. The second-order valence-corrected chi connectivity index (χ2v) is 4.43. The zero-order chi connectivity index (χ0) is 15.0. The first kappa shape index (κ1) is 16.1. The Morgan fingerprint density at radius 1 is 1.25 bits per heavy atom. The fourth-order valence-corrected chi connectivity index (χ4v) is 1.80. The molecule has 1 aromatic rings. The third-order valence-corrected chi connectivity index (χ3v) is 2.97. The maximum absolute atomic E-state index is 12.1. The van der Waals surface area contributed by atoms with Crippen LogP contribution >= 0.6 is 0 Å². The van der Waals surface area contributed by atoms with Crippen LogP contribution < -0.4 is 5.32 Å². The standard InChI is InChI=1S/C14H20N2O4/c1-11(16(9-10-17)8-7-13(18)19)14(20)15-12-5-3-2-4-6-12/h2-6,11,17H,7-10H2,1H3,(H,15,20)(H,18,19). The minimum Gasteiger partial charge on any atom is -0.481 e. The number of benzene rings is 1. The predicted octanol–water partition coefficient (Wildman–Crippen LogP) is 0.783. The lowest BCUT2D eigenvalue weighted by Crippen LogP contribution is -2.44. The fraction of sp³-hybridized carbons (Fsp3) is 0.429. The minimum atomic E-state index is -0.927. The van der Waals surface area contributed by atoms with Gasteiger partial charge < -0.3 is 15.5 Å². The molecule has 0 saturated carbocycles. The molecule has 0 aliphatic rings. The van der Waals surface area contributed by atoms with Crippen LogP contribution in [0.3, 0.4) is 0 Å². The van der Waals surface area contributed by atoms with Gasteiger partial charge in [-0.2, -0.15) is 0 Å². The SMILES string of the molecule is CC(C(=O)Nc1ccccc1)N(CCO)CCC(=O)O. The van der Waals surface area contributed by atoms with Gasteiger partial charge in [-0.15, -0.1) is 0 Å². The van der Waals surface area contributed by atoms with Crippen molar-refractivity contribution in [2.75, 3.05) is 25.0 Å². The van der Waals surface area contributed by atoms with Crippen molar-refractivity contribution in [2.45, 2.75) is 19.4 Å². The minimum absolute atomic E-state index is 0.0665. The summed E-state index contributed by atoms with van der Waals surface area (Å²) in [5.74, 6) is -1.15. The number of nitrogens with zero attached hydrogens (tertiary/aromatic N) is 1. The number of aliphatic hydroxyl groups is 1. The lowest BCUT2D eigenvalue weighted by atomic mass is 10.2. The molecule has 1 rings (SSSR count). The molecule has 0 radical (unpaired) electrons. The number of amides is 1. The Morgan fingerprint density at radius 3 is 2.45 bits per heavy atom. The van der Waals surface area contributed by atoms with Gasteiger partial charge in [0.2, 0.25) is 5.91 Å². The molecule has 1 unspecified atom stereocenters. The van der Waals surface area contributed by atoms with E-state index in [2.05, 4.69) is 5.32 Å². The summed E-state index contributed by atoms with van der Waals surface area (Å²) in [5, 5.41) is 20.5. The van der Waals surface area contributed by atoms with Crippen molar-refractivity contribution in [3.63, 3.8) is 0 Å². The molecular formula is C14H20N2O4. The molecule has 0 aliphatic heterocycles. The van der Waals surface area contributed by atoms with E-state index in [9.17, 15) is 9.59 Å². The zero-order valence-corrected chi connectivity index (χ0v) is 11.5. The van der Waals surface area contributed by atoms with Crippen molar-refractivity contribution < 1.29 is 19.8 Å². The summed E-state index contributed by atoms with van der Waals surface area (Å²) in [6, 6.07) is 8.52. The van der Waals surface area contributed by atoms with Crippen molar-refractivity contribution in [3.8, 4) is 0 Å². The highest BCUT2D eigenvalue weighted by Crippen LogP contribution is 2.08. The number of hydrogen-bond acceptors (Lipinski definition) is 4. The highest BCUT2D eigenvalue weighted by Gasteiger charge is 2.21. The molecule has 6 nitrogen and oxygen atoms in total. The van der Waals surface area contributed by atoms with Crippen LogP contribution in [0.15, 0.2) is 30.3 Å². The third-order valence-electron chi connectivity index (χ3n) is 2.97. The molecule has 6 heteroatoms. The van der Waals surface area contributed by atoms with Crippen molar-refractivity contribution in [1.82, 2.24) is 4.90 Å². The van der Waals surface area contributed by atoms with Gasteiger partial charge in [-0.05, 0) is 19.1 Å². The Kier molecular flexibility index (Phi) is 6.69. The van der Waals surface area contributed by atoms with E-state index in [0.717, 1.165) is 0 Å². The van der Waals surface area contributed by atoms with E-state index < -0.39 is 12.0 Å². The number of aliphatic hydroxyl groups excluding tert-OH is 1. The van der Waals surface area contributed by atoms with E-state index in [0.29, 0.717) is 5.69 Å².